The lowest BCUT2D eigenvalue weighted by molar-refractivity contribution is -0.161. The molecular weight excluding hydrogens is 471 g/mol. The van der Waals surface area contributed by atoms with E-state index in [2.05, 4.69) is 18.4 Å². The summed E-state index contributed by atoms with van der Waals surface area (Å²) in [6.45, 7) is 5.33. The number of carbonyl (C=O) groups is 2. The largest absolute Gasteiger partial charge is 0.472 e. The van der Waals surface area contributed by atoms with E-state index in [0.29, 0.717) is 6.42 Å². The van der Waals surface area contributed by atoms with Gasteiger partial charge in [-0.2, -0.15) is 0 Å². The number of hydrogen-bond acceptors (Lipinski definition) is 7. The van der Waals surface area contributed by atoms with Gasteiger partial charge in [0.2, 0.25) is 0 Å². The molecule has 0 aliphatic rings. The third-order valence-corrected chi connectivity index (χ3v) is 6.72. The number of phosphoric acid groups is 1. The Kier molecular flexibility index (Phi) is 22.8. The zero-order chi connectivity index (χ0) is 26.2. The minimum atomic E-state index is -4.24. The number of ether oxygens (including phenoxy) is 2. The molecule has 0 heterocycles. The SMILES string of the molecule is CCCCCCCCCCCC(=O)O[C@H](COC(=O)CCCCCCCC)COP(=O)(O)OCC. The summed E-state index contributed by atoms with van der Waals surface area (Å²) in [5.74, 6) is -0.810. The molecule has 1 unspecified atom stereocenters. The highest BCUT2D eigenvalue weighted by atomic mass is 31.2. The monoisotopic (exact) mass is 522 g/mol. The van der Waals surface area contributed by atoms with Gasteiger partial charge in [-0.05, 0) is 19.8 Å². The third-order valence-electron chi connectivity index (χ3n) is 5.66. The smallest absolute Gasteiger partial charge is 0.462 e. The summed E-state index contributed by atoms with van der Waals surface area (Å²) in [7, 11) is -4.24. The molecule has 0 aliphatic carbocycles. The Morgan fingerprint density at radius 3 is 1.60 bits per heavy atom. The highest BCUT2D eigenvalue weighted by Gasteiger charge is 2.25. The van der Waals surface area contributed by atoms with Gasteiger partial charge in [0, 0.05) is 12.8 Å². The van der Waals surface area contributed by atoms with Gasteiger partial charge < -0.3 is 14.4 Å². The molecule has 0 aromatic carbocycles. The van der Waals surface area contributed by atoms with Gasteiger partial charge in [0.25, 0.3) is 0 Å². The Morgan fingerprint density at radius 2 is 1.11 bits per heavy atom. The first kappa shape index (κ1) is 34.0. The van der Waals surface area contributed by atoms with Gasteiger partial charge in [-0.15, -0.1) is 0 Å². The average molecular weight is 523 g/mol. The van der Waals surface area contributed by atoms with Crippen molar-refractivity contribution in [2.45, 2.75) is 136 Å². The number of carbonyl (C=O) groups excluding carboxylic acids is 2. The van der Waals surface area contributed by atoms with E-state index >= 15 is 0 Å². The number of unbranched alkanes of at least 4 members (excludes halogenated alkanes) is 13. The summed E-state index contributed by atoms with van der Waals surface area (Å²) < 4.78 is 32.0. The zero-order valence-electron chi connectivity index (χ0n) is 22.5. The van der Waals surface area contributed by atoms with Gasteiger partial charge in [-0.1, -0.05) is 97.3 Å². The Morgan fingerprint density at radius 1 is 0.657 bits per heavy atom. The molecule has 2 atom stereocenters. The Balaban J connectivity index is 4.32. The molecule has 208 valence electrons. The highest BCUT2D eigenvalue weighted by molar-refractivity contribution is 7.47. The van der Waals surface area contributed by atoms with E-state index in [1.54, 1.807) is 6.92 Å². The lowest BCUT2D eigenvalue weighted by Gasteiger charge is -2.19. The first-order valence-corrected chi connectivity index (χ1v) is 15.3. The summed E-state index contributed by atoms with van der Waals surface area (Å²) in [6, 6.07) is 0. The third kappa shape index (κ3) is 23.2. The number of esters is 2. The van der Waals surface area contributed by atoms with Crippen LogP contribution in [0.15, 0.2) is 0 Å². The molecule has 0 aromatic rings. The van der Waals surface area contributed by atoms with Crippen LogP contribution in [0.3, 0.4) is 0 Å². The highest BCUT2D eigenvalue weighted by Crippen LogP contribution is 2.43. The minimum absolute atomic E-state index is 0.00405. The molecule has 0 spiro atoms. The van der Waals surface area contributed by atoms with Crippen molar-refractivity contribution in [3.05, 3.63) is 0 Å². The van der Waals surface area contributed by atoms with Crippen molar-refractivity contribution in [2.75, 3.05) is 19.8 Å². The van der Waals surface area contributed by atoms with Crippen molar-refractivity contribution in [1.29, 1.82) is 0 Å². The average Bonchev–Trinajstić information content (AvgIpc) is 2.82. The predicted molar refractivity (Wildman–Crippen MR) is 138 cm³/mol. The van der Waals surface area contributed by atoms with Crippen LogP contribution in [-0.4, -0.2) is 42.8 Å². The molecule has 0 amide bonds. The first-order valence-electron chi connectivity index (χ1n) is 13.8. The van der Waals surface area contributed by atoms with Gasteiger partial charge in [0.05, 0.1) is 13.2 Å². The number of hydrogen-bond donors (Lipinski definition) is 1. The summed E-state index contributed by atoms with van der Waals surface area (Å²) in [5, 5.41) is 0. The molecule has 8 nitrogen and oxygen atoms in total. The molecule has 0 saturated carbocycles. The van der Waals surface area contributed by atoms with E-state index in [1.165, 1.54) is 57.8 Å². The van der Waals surface area contributed by atoms with Crippen molar-refractivity contribution >= 4 is 19.8 Å². The van der Waals surface area contributed by atoms with Crippen LogP contribution in [0.25, 0.3) is 0 Å². The maximum Gasteiger partial charge on any atom is 0.472 e. The molecule has 35 heavy (non-hydrogen) atoms. The van der Waals surface area contributed by atoms with Crippen molar-refractivity contribution in [2.24, 2.45) is 0 Å². The minimum Gasteiger partial charge on any atom is -0.462 e. The van der Waals surface area contributed by atoms with Crippen LogP contribution in [0, 0.1) is 0 Å². The van der Waals surface area contributed by atoms with E-state index in [4.69, 9.17) is 14.0 Å². The van der Waals surface area contributed by atoms with E-state index in [9.17, 15) is 19.0 Å². The zero-order valence-corrected chi connectivity index (χ0v) is 23.4. The van der Waals surface area contributed by atoms with Crippen LogP contribution in [0.5, 0.6) is 0 Å². The maximum atomic E-state index is 12.3. The second kappa shape index (κ2) is 23.4. The normalized spacial score (nSPS) is 13.8. The predicted octanol–water partition coefficient (Wildman–Crippen LogP) is 7.27. The lowest BCUT2D eigenvalue weighted by atomic mass is 10.1. The summed E-state index contributed by atoms with van der Waals surface area (Å²) in [5.41, 5.74) is 0. The molecule has 1 N–H and O–H groups in total. The molecule has 0 saturated heterocycles. The Bertz CT molecular complexity index is 570. The molecular formula is C26H51O8P. The Labute approximate surface area is 213 Å². The first-order chi connectivity index (χ1) is 16.8. The van der Waals surface area contributed by atoms with Gasteiger partial charge in [0.1, 0.15) is 6.61 Å². The molecule has 0 rings (SSSR count). The van der Waals surface area contributed by atoms with Crippen LogP contribution in [0.4, 0.5) is 0 Å². The summed E-state index contributed by atoms with van der Waals surface area (Å²) in [4.78, 5) is 34.0. The standard InChI is InChI=1S/C26H51O8P/c1-4-7-9-11-13-14-15-17-19-21-26(28)34-24(23-33-35(29,30)32-6-3)22-31-25(27)20-18-16-12-10-8-5-2/h24H,4-23H2,1-3H3,(H,29,30)/t24-/m1/s1. The molecule has 9 heteroatoms. The quantitative estimate of drug-likeness (QED) is 0.0758. The fourth-order valence-corrected chi connectivity index (χ4v) is 4.38. The van der Waals surface area contributed by atoms with E-state index in [1.807, 2.05) is 0 Å². The van der Waals surface area contributed by atoms with Gasteiger partial charge in [-0.3, -0.25) is 18.6 Å². The van der Waals surface area contributed by atoms with E-state index < -0.39 is 19.9 Å². The molecule has 0 bridgehead atoms. The van der Waals surface area contributed by atoms with Gasteiger partial charge >= 0.3 is 19.8 Å². The van der Waals surface area contributed by atoms with Crippen LogP contribution >= 0.6 is 7.82 Å². The van der Waals surface area contributed by atoms with Crippen LogP contribution in [-0.2, 0) is 32.7 Å². The Hall–Kier alpha value is -0.950. The van der Waals surface area contributed by atoms with Crippen molar-refractivity contribution in [3.63, 3.8) is 0 Å². The van der Waals surface area contributed by atoms with Crippen LogP contribution < -0.4 is 0 Å². The summed E-state index contributed by atoms with van der Waals surface area (Å²) >= 11 is 0. The molecule has 0 radical (unpaired) electrons. The molecule has 0 aliphatic heterocycles. The summed E-state index contributed by atoms with van der Waals surface area (Å²) in [6.07, 6.45) is 16.2. The number of rotatable bonds is 25. The van der Waals surface area contributed by atoms with Crippen molar-refractivity contribution < 1.29 is 37.6 Å². The van der Waals surface area contributed by atoms with E-state index in [0.717, 1.165) is 38.5 Å². The van der Waals surface area contributed by atoms with E-state index in [-0.39, 0.29) is 32.2 Å². The topological polar surface area (TPSA) is 108 Å². The van der Waals surface area contributed by atoms with Crippen molar-refractivity contribution in [3.8, 4) is 0 Å². The van der Waals surface area contributed by atoms with Gasteiger partial charge in [0.15, 0.2) is 6.10 Å². The molecule has 0 fully saturated rings. The molecule has 0 aromatic heterocycles. The lowest BCUT2D eigenvalue weighted by Crippen LogP contribution is -2.29. The fourth-order valence-electron chi connectivity index (χ4n) is 3.63. The van der Waals surface area contributed by atoms with Gasteiger partial charge in [-0.25, -0.2) is 4.57 Å². The second-order valence-electron chi connectivity index (χ2n) is 9.07. The van der Waals surface area contributed by atoms with Crippen LogP contribution in [0.2, 0.25) is 0 Å². The number of phosphoric ester groups is 1. The fraction of sp³-hybridized carbons (Fsp3) is 0.923. The van der Waals surface area contributed by atoms with Crippen molar-refractivity contribution in [1.82, 2.24) is 0 Å². The second-order valence-corrected chi connectivity index (χ2v) is 10.5. The van der Waals surface area contributed by atoms with Crippen LogP contribution in [0.1, 0.15) is 130 Å². The maximum absolute atomic E-state index is 12.3.